The Labute approximate surface area is 130 Å². The molecule has 2 rings (SSSR count). The molecule has 0 aliphatic carbocycles. The molecule has 5 heteroatoms. The van der Waals surface area contributed by atoms with E-state index < -0.39 is 6.10 Å². The molecule has 118 valence electrons. The SMILES string of the molecule is COc1ccc(C(O)c2ccc(OC)c(OC)c2OC)cc1. The van der Waals surface area contributed by atoms with E-state index in [4.69, 9.17) is 18.9 Å². The van der Waals surface area contributed by atoms with E-state index in [-0.39, 0.29) is 0 Å². The van der Waals surface area contributed by atoms with Crippen LogP contribution in [0.2, 0.25) is 0 Å². The lowest BCUT2D eigenvalue weighted by atomic mass is 10.00. The highest BCUT2D eigenvalue weighted by Gasteiger charge is 2.22. The molecule has 0 aliphatic rings. The maximum atomic E-state index is 10.6. The molecule has 0 aliphatic heterocycles. The van der Waals surface area contributed by atoms with Crippen molar-refractivity contribution in [3.05, 3.63) is 47.5 Å². The van der Waals surface area contributed by atoms with Crippen LogP contribution in [0.15, 0.2) is 36.4 Å². The molecule has 0 saturated carbocycles. The average Bonchev–Trinajstić information content (AvgIpc) is 2.59. The second-order valence-electron chi connectivity index (χ2n) is 4.60. The molecule has 5 nitrogen and oxygen atoms in total. The topological polar surface area (TPSA) is 57.2 Å². The van der Waals surface area contributed by atoms with Crippen molar-refractivity contribution in [2.75, 3.05) is 28.4 Å². The fourth-order valence-corrected chi connectivity index (χ4v) is 2.31. The van der Waals surface area contributed by atoms with Crippen molar-refractivity contribution < 1.29 is 24.1 Å². The first-order valence-corrected chi connectivity index (χ1v) is 6.77. The van der Waals surface area contributed by atoms with Crippen LogP contribution < -0.4 is 18.9 Å². The number of hydrogen-bond acceptors (Lipinski definition) is 5. The molecule has 1 unspecified atom stereocenters. The van der Waals surface area contributed by atoms with Gasteiger partial charge in [-0.2, -0.15) is 0 Å². The quantitative estimate of drug-likeness (QED) is 0.889. The number of benzene rings is 2. The van der Waals surface area contributed by atoms with Crippen LogP contribution in [0.3, 0.4) is 0 Å². The lowest BCUT2D eigenvalue weighted by Crippen LogP contribution is -2.05. The lowest BCUT2D eigenvalue weighted by molar-refractivity contribution is 0.212. The molecule has 2 aromatic rings. The fourth-order valence-electron chi connectivity index (χ4n) is 2.31. The lowest BCUT2D eigenvalue weighted by Gasteiger charge is -2.19. The van der Waals surface area contributed by atoms with E-state index in [9.17, 15) is 5.11 Å². The Morgan fingerprint density at radius 3 is 1.86 bits per heavy atom. The summed E-state index contributed by atoms with van der Waals surface area (Å²) >= 11 is 0. The summed E-state index contributed by atoms with van der Waals surface area (Å²) in [5.74, 6) is 2.18. The Morgan fingerprint density at radius 2 is 1.36 bits per heavy atom. The minimum Gasteiger partial charge on any atom is -0.497 e. The molecule has 0 heterocycles. The minimum atomic E-state index is -0.847. The Kier molecular flexibility index (Phi) is 5.12. The molecule has 0 saturated heterocycles. The maximum Gasteiger partial charge on any atom is 0.203 e. The molecule has 0 radical (unpaired) electrons. The van der Waals surface area contributed by atoms with E-state index in [0.29, 0.717) is 22.8 Å². The van der Waals surface area contributed by atoms with Gasteiger partial charge in [-0.1, -0.05) is 12.1 Å². The summed E-state index contributed by atoms with van der Waals surface area (Å²) in [6, 6.07) is 10.7. The van der Waals surface area contributed by atoms with E-state index in [1.54, 1.807) is 50.6 Å². The van der Waals surface area contributed by atoms with Crippen LogP contribution in [0.25, 0.3) is 0 Å². The Hall–Kier alpha value is -2.40. The van der Waals surface area contributed by atoms with Gasteiger partial charge in [-0.15, -0.1) is 0 Å². The number of rotatable bonds is 6. The van der Waals surface area contributed by atoms with Gasteiger partial charge in [-0.3, -0.25) is 0 Å². The molecule has 1 atom stereocenters. The van der Waals surface area contributed by atoms with Gasteiger partial charge in [0.05, 0.1) is 28.4 Å². The Balaban J connectivity index is 2.45. The third kappa shape index (κ3) is 2.94. The molecule has 0 bridgehead atoms. The summed E-state index contributed by atoms with van der Waals surface area (Å²) in [4.78, 5) is 0. The molecule has 1 N–H and O–H groups in total. The molecule has 0 spiro atoms. The largest absolute Gasteiger partial charge is 0.497 e. The first kappa shape index (κ1) is 16.0. The van der Waals surface area contributed by atoms with E-state index in [0.717, 1.165) is 11.3 Å². The first-order chi connectivity index (χ1) is 10.7. The predicted molar refractivity (Wildman–Crippen MR) is 83.2 cm³/mol. The van der Waals surface area contributed by atoms with E-state index >= 15 is 0 Å². The molecule has 2 aromatic carbocycles. The van der Waals surface area contributed by atoms with Gasteiger partial charge in [0, 0.05) is 5.56 Å². The summed E-state index contributed by atoms with van der Waals surface area (Å²) in [7, 11) is 6.21. The van der Waals surface area contributed by atoms with Crippen LogP contribution in [0.1, 0.15) is 17.2 Å². The number of hydrogen-bond donors (Lipinski definition) is 1. The maximum absolute atomic E-state index is 10.6. The van der Waals surface area contributed by atoms with Gasteiger partial charge in [-0.25, -0.2) is 0 Å². The summed E-state index contributed by atoms with van der Waals surface area (Å²) < 4.78 is 21.1. The summed E-state index contributed by atoms with van der Waals surface area (Å²) in [5.41, 5.74) is 1.33. The summed E-state index contributed by atoms with van der Waals surface area (Å²) in [6.07, 6.45) is -0.847. The van der Waals surface area contributed by atoms with Crippen LogP contribution in [0, 0.1) is 0 Å². The second kappa shape index (κ2) is 7.04. The molecule has 0 amide bonds. The monoisotopic (exact) mass is 304 g/mol. The third-order valence-corrected chi connectivity index (χ3v) is 3.46. The van der Waals surface area contributed by atoms with Crippen molar-refractivity contribution in [1.82, 2.24) is 0 Å². The zero-order chi connectivity index (χ0) is 16.1. The number of aliphatic hydroxyl groups excluding tert-OH is 1. The van der Waals surface area contributed by atoms with E-state index in [1.807, 2.05) is 0 Å². The van der Waals surface area contributed by atoms with Gasteiger partial charge in [0.25, 0.3) is 0 Å². The normalized spacial score (nSPS) is 11.7. The van der Waals surface area contributed by atoms with Gasteiger partial charge in [0.15, 0.2) is 11.5 Å². The van der Waals surface area contributed by atoms with Crippen molar-refractivity contribution in [1.29, 1.82) is 0 Å². The number of ether oxygens (including phenoxy) is 4. The van der Waals surface area contributed by atoms with Crippen molar-refractivity contribution >= 4 is 0 Å². The highest BCUT2D eigenvalue weighted by Crippen LogP contribution is 2.43. The predicted octanol–water partition coefficient (Wildman–Crippen LogP) is 2.80. The minimum absolute atomic E-state index is 0.449. The highest BCUT2D eigenvalue weighted by atomic mass is 16.5. The van der Waals surface area contributed by atoms with Gasteiger partial charge >= 0.3 is 0 Å². The van der Waals surface area contributed by atoms with E-state index in [1.165, 1.54) is 14.2 Å². The summed E-state index contributed by atoms with van der Waals surface area (Å²) in [5, 5.41) is 10.6. The Bertz CT molecular complexity index is 622. The van der Waals surface area contributed by atoms with Crippen molar-refractivity contribution in [2.45, 2.75) is 6.10 Å². The van der Waals surface area contributed by atoms with Crippen LogP contribution in [-0.4, -0.2) is 33.5 Å². The van der Waals surface area contributed by atoms with E-state index in [2.05, 4.69) is 0 Å². The van der Waals surface area contributed by atoms with Crippen LogP contribution in [0.5, 0.6) is 23.0 Å². The van der Waals surface area contributed by atoms with Gasteiger partial charge < -0.3 is 24.1 Å². The highest BCUT2D eigenvalue weighted by molar-refractivity contribution is 5.57. The molecule has 0 aromatic heterocycles. The molecular weight excluding hydrogens is 284 g/mol. The zero-order valence-corrected chi connectivity index (χ0v) is 13.1. The molecular formula is C17H20O5. The first-order valence-electron chi connectivity index (χ1n) is 6.77. The number of methoxy groups -OCH3 is 4. The number of aliphatic hydroxyl groups is 1. The van der Waals surface area contributed by atoms with Gasteiger partial charge in [0.2, 0.25) is 5.75 Å². The van der Waals surface area contributed by atoms with Gasteiger partial charge in [0.1, 0.15) is 11.9 Å². The van der Waals surface area contributed by atoms with Crippen LogP contribution >= 0.6 is 0 Å². The third-order valence-electron chi connectivity index (χ3n) is 3.46. The molecule has 22 heavy (non-hydrogen) atoms. The van der Waals surface area contributed by atoms with Crippen LogP contribution in [-0.2, 0) is 0 Å². The summed E-state index contributed by atoms with van der Waals surface area (Å²) in [6.45, 7) is 0. The Morgan fingerprint density at radius 1 is 0.727 bits per heavy atom. The fraction of sp³-hybridized carbons (Fsp3) is 0.294. The smallest absolute Gasteiger partial charge is 0.203 e. The van der Waals surface area contributed by atoms with Gasteiger partial charge in [-0.05, 0) is 29.8 Å². The standard InChI is InChI=1S/C17H20O5/c1-19-12-7-5-11(6-8-12)15(18)13-9-10-14(20-2)17(22-4)16(13)21-3/h5-10,15,18H,1-4H3. The van der Waals surface area contributed by atoms with Crippen molar-refractivity contribution in [3.63, 3.8) is 0 Å². The van der Waals surface area contributed by atoms with Crippen molar-refractivity contribution in [2.24, 2.45) is 0 Å². The van der Waals surface area contributed by atoms with Crippen molar-refractivity contribution in [3.8, 4) is 23.0 Å². The second-order valence-corrected chi connectivity index (χ2v) is 4.60. The zero-order valence-electron chi connectivity index (χ0n) is 13.1. The average molecular weight is 304 g/mol. The van der Waals surface area contributed by atoms with Crippen LogP contribution in [0.4, 0.5) is 0 Å². The molecule has 0 fully saturated rings.